The number of aromatic amines is 1. The summed E-state index contributed by atoms with van der Waals surface area (Å²) in [7, 11) is 0. The minimum absolute atomic E-state index is 0.229. The van der Waals surface area contributed by atoms with E-state index < -0.39 is 0 Å². The lowest BCUT2D eigenvalue weighted by atomic mass is 10.1. The fourth-order valence-electron chi connectivity index (χ4n) is 2.03. The minimum atomic E-state index is 0.229. The van der Waals surface area contributed by atoms with Gasteiger partial charge in [0.15, 0.2) is 0 Å². The molecule has 0 aliphatic heterocycles. The summed E-state index contributed by atoms with van der Waals surface area (Å²) in [6, 6.07) is 9.53. The molecule has 0 saturated heterocycles. The third-order valence-corrected chi connectivity index (χ3v) is 3.27. The van der Waals surface area contributed by atoms with Gasteiger partial charge in [0.25, 0.3) is 0 Å². The standard InChI is InChI=1S/C14H10ClN7/c1-8-4-13(15)18-12-5-10(2-3-11(8)12)17-7-9(6-16)14-19-21-22-20-14/h2-5,7,17H,1H3,(H,19,20,21,22). The van der Waals surface area contributed by atoms with E-state index in [-0.39, 0.29) is 11.4 Å². The molecule has 2 N–H and O–H groups in total. The average molecular weight is 312 g/mol. The van der Waals surface area contributed by atoms with Gasteiger partial charge in [-0.25, -0.2) is 4.98 Å². The van der Waals surface area contributed by atoms with Crippen LogP contribution in [-0.2, 0) is 0 Å². The van der Waals surface area contributed by atoms with Crippen LogP contribution in [0.4, 0.5) is 5.69 Å². The number of benzene rings is 1. The number of H-pyrrole nitrogens is 1. The van der Waals surface area contributed by atoms with Crippen molar-refractivity contribution in [3.05, 3.63) is 47.0 Å². The smallest absolute Gasteiger partial charge is 0.216 e. The van der Waals surface area contributed by atoms with Crippen molar-refractivity contribution < 1.29 is 0 Å². The number of hydrogen-bond acceptors (Lipinski definition) is 6. The number of tetrazole rings is 1. The predicted octanol–water partition coefficient (Wildman–Crippen LogP) is 2.69. The van der Waals surface area contributed by atoms with Crippen molar-refractivity contribution >= 4 is 33.8 Å². The van der Waals surface area contributed by atoms with E-state index in [2.05, 4.69) is 30.9 Å². The van der Waals surface area contributed by atoms with Gasteiger partial charge in [-0.3, -0.25) is 0 Å². The van der Waals surface area contributed by atoms with E-state index in [0.717, 1.165) is 22.2 Å². The first-order valence-corrected chi connectivity index (χ1v) is 6.72. The Labute approximate surface area is 130 Å². The Hall–Kier alpha value is -2.98. The fraction of sp³-hybridized carbons (Fsp3) is 0.0714. The Bertz CT molecular complexity index is 893. The zero-order valence-corrected chi connectivity index (χ0v) is 12.3. The molecule has 108 valence electrons. The maximum absolute atomic E-state index is 9.11. The van der Waals surface area contributed by atoms with Gasteiger partial charge in [-0.2, -0.15) is 10.5 Å². The number of aromatic nitrogens is 5. The maximum atomic E-state index is 9.11. The summed E-state index contributed by atoms with van der Waals surface area (Å²) in [4.78, 5) is 4.29. The molecule has 7 nitrogen and oxygen atoms in total. The Morgan fingerprint density at radius 2 is 2.27 bits per heavy atom. The number of aryl methyl sites for hydroxylation is 1. The largest absolute Gasteiger partial charge is 0.360 e. The van der Waals surface area contributed by atoms with Crippen LogP contribution in [0.25, 0.3) is 16.5 Å². The van der Waals surface area contributed by atoms with Crippen molar-refractivity contribution in [2.24, 2.45) is 0 Å². The van der Waals surface area contributed by atoms with Crippen LogP contribution in [0.1, 0.15) is 11.4 Å². The summed E-state index contributed by atoms with van der Waals surface area (Å²) in [5.41, 5.74) is 2.88. The highest BCUT2D eigenvalue weighted by atomic mass is 35.5. The Morgan fingerprint density at radius 1 is 1.41 bits per heavy atom. The second kappa shape index (κ2) is 5.79. The first-order valence-electron chi connectivity index (χ1n) is 6.35. The molecule has 0 bridgehead atoms. The first kappa shape index (κ1) is 14.0. The molecule has 22 heavy (non-hydrogen) atoms. The molecule has 2 aromatic heterocycles. The van der Waals surface area contributed by atoms with E-state index >= 15 is 0 Å². The van der Waals surface area contributed by atoms with Crippen LogP contribution in [0, 0.1) is 18.3 Å². The Kier molecular flexibility index (Phi) is 3.68. The molecule has 0 atom stereocenters. The third kappa shape index (κ3) is 2.73. The summed E-state index contributed by atoms with van der Waals surface area (Å²) < 4.78 is 0. The molecule has 0 aliphatic carbocycles. The molecule has 3 rings (SSSR count). The highest BCUT2D eigenvalue weighted by Gasteiger charge is 2.06. The number of pyridine rings is 1. The van der Waals surface area contributed by atoms with Gasteiger partial charge in [0, 0.05) is 17.3 Å². The predicted molar refractivity (Wildman–Crippen MR) is 82.9 cm³/mol. The van der Waals surface area contributed by atoms with Gasteiger partial charge in [0.05, 0.1) is 5.52 Å². The summed E-state index contributed by atoms with van der Waals surface area (Å²) in [5, 5.41) is 26.9. The van der Waals surface area contributed by atoms with Crippen LogP contribution in [0.5, 0.6) is 0 Å². The molecule has 0 radical (unpaired) electrons. The van der Waals surface area contributed by atoms with Crippen molar-refractivity contribution in [3.8, 4) is 6.07 Å². The van der Waals surface area contributed by atoms with Crippen LogP contribution in [0.3, 0.4) is 0 Å². The number of halogens is 1. The van der Waals surface area contributed by atoms with Crippen molar-refractivity contribution in [3.63, 3.8) is 0 Å². The van der Waals surface area contributed by atoms with Gasteiger partial charge in [-0.1, -0.05) is 17.7 Å². The van der Waals surface area contributed by atoms with Crippen molar-refractivity contribution in [2.45, 2.75) is 6.92 Å². The quantitative estimate of drug-likeness (QED) is 0.569. The summed E-state index contributed by atoms with van der Waals surface area (Å²) in [5.74, 6) is 0.229. The van der Waals surface area contributed by atoms with Crippen LogP contribution in [-0.4, -0.2) is 25.6 Å². The SMILES string of the molecule is Cc1cc(Cl)nc2cc(NC=C(C#N)c3nn[nH]n3)ccc12. The van der Waals surface area contributed by atoms with Gasteiger partial charge in [-0.05, 0) is 35.9 Å². The molecule has 1 aromatic carbocycles. The first-order chi connectivity index (χ1) is 10.7. The van der Waals surface area contributed by atoms with Gasteiger partial charge in [-0.15, -0.1) is 10.2 Å². The molecule has 0 fully saturated rings. The molecule has 0 aliphatic rings. The summed E-state index contributed by atoms with van der Waals surface area (Å²) in [6.45, 7) is 1.98. The number of rotatable bonds is 3. The van der Waals surface area contributed by atoms with E-state index in [1.54, 1.807) is 0 Å². The number of hydrogen-bond donors (Lipinski definition) is 2. The maximum Gasteiger partial charge on any atom is 0.216 e. The molecule has 0 unspecified atom stereocenters. The van der Waals surface area contributed by atoms with Gasteiger partial charge < -0.3 is 5.32 Å². The number of anilines is 1. The molecule has 2 heterocycles. The van der Waals surface area contributed by atoms with Crippen molar-refractivity contribution in [2.75, 3.05) is 5.32 Å². The zero-order valence-electron chi connectivity index (χ0n) is 11.5. The van der Waals surface area contributed by atoms with Gasteiger partial charge >= 0.3 is 0 Å². The highest BCUT2D eigenvalue weighted by Crippen LogP contribution is 2.23. The lowest BCUT2D eigenvalue weighted by Crippen LogP contribution is -1.94. The molecular formula is C14H10ClN7. The van der Waals surface area contributed by atoms with E-state index in [4.69, 9.17) is 16.9 Å². The normalized spacial score (nSPS) is 11.4. The molecule has 0 spiro atoms. The molecule has 3 aromatic rings. The topological polar surface area (TPSA) is 103 Å². The van der Waals surface area contributed by atoms with E-state index in [0.29, 0.717) is 5.15 Å². The zero-order chi connectivity index (χ0) is 15.5. The van der Waals surface area contributed by atoms with Crippen LogP contribution >= 0.6 is 11.6 Å². The van der Waals surface area contributed by atoms with Gasteiger partial charge in [0.2, 0.25) is 5.82 Å². The Balaban J connectivity index is 1.93. The summed E-state index contributed by atoms with van der Waals surface area (Å²) >= 11 is 5.98. The fourth-order valence-corrected chi connectivity index (χ4v) is 2.28. The summed E-state index contributed by atoms with van der Waals surface area (Å²) in [6.07, 6.45) is 1.52. The van der Waals surface area contributed by atoms with E-state index in [1.165, 1.54) is 6.20 Å². The number of allylic oxidation sites excluding steroid dienone is 1. The van der Waals surface area contributed by atoms with Crippen LogP contribution < -0.4 is 5.32 Å². The molecule has 0 saturated carbocycles. The Morgan fingerprint density at radius 3 is 3.00 bits per heavy atom. The lowest BCUT2D eigenvalue weighted by molar-refractivity contribution is 0.881. The second-order valence-electron chi connectivity index (χ2n) is 4.54. The average Bonchev–Trinajstić information content (AvgIpc) is 3.01. The highest BCUT2D eigenvalue weighted by molar-refractivity contribution is 6.29. The van der Waals surface area contributed by atoms with Crippen molar-refractivity contribution in [1.82, 2.24) is 25.6 Å². The van der Waals surface area contributed by atoms with Crippen molar-refractivity contribution in [1.29, 1.82) is 5.26 Å². The molecule has 8 heteroatoms. The third-order valence-electron chi connectivity index (χ3n) is 3.08. The number of nitriles is 1. The minimum Gasteiger partial charge on any atom is -0.360 e. The van der Waals surface area contributed by atoms with Crippen LogP contribution in [0.15, 0.2) is 30.5 Å². The van der Waals surface area contributed by atoms with E-state index in [9.17, 15) is 0 Å². The van der Waals surface area contributed by atoms with E-state index in [1.807, 2.05) is 37.3 Å². The molecule has 0 amide bonds. The van der Waals surface area contributed by atoms with Crippen LogP contribution in [0.2, 0.25) is 5.15 Å². The van der Waals surface area contributed by atoms with Gasteiger partial charge in [0.1, 0.15) is 16.8 Å². The monoisotopic (exact) mass is 311 g/mol. The number of fused-ring (bicyclic) bond motifs is 1. The number of nitrogens with one attached hydrogen (secondary N) is 2. The molecular weight excluding hydrogens is 302 g/mol. The lowest BCUT2D eigenvalue weighted by Gasteiger charge is -2.06. The second-order valence-corrected chi connectivity index (χ2v) is 4.93. The number of nitrogens with zero attached hydrogens (tertiary/aromatic N) is 5.